The number of allylic oxidation sites excluding steroid dienone is 1. The van der Waals surface area contributed by atoms with Gasteiger partial charge in [-0.3, -0.25) is 4.79 Å². The van der Waals surface area contributed by atoms with Gasteiger partial charge >= 0.3 is 12.1 Å². The van der Waals surface area contributed by atoms with Crippen LogP contribution in [0.3, 0.4) is 0 Å². The summed E-state index contributed by atoms with van der Waals surface area (Å²) < 4.78 is 10.4. The zero-order chi connectivity index (χ0) is 16.3. The topological polar surface area (TPSA) is 79.6 Å². The molecule has 0 unspecified atom stereocenters. The lowest BCUT2D eigenvalue weighted by atomic mass is 9.85. The highest BCUT2D eigenvalue weighted by Crippen LogP contribution is 2.37. The third-order valence-corrected chi connectivity index (χ3v) is 3.19. The van der Waals surface area contributed by atoms with Gasteiger partial charge in [-0.2, -0.15) is 5.26 Å². The van der Waals surface area contributed by atoms with Gasteiger partial charge in [0.05, 0.1) is 12.7 Å². The van der Waals surface area contributed by atoms with Crippen molar-refractivity contribution in [3.8, 4) is 6.07 Å². The van der Waals surface area contributed by atoms with E-state index in [4.69, 9.17) is 14.7 Å². The second kappa shape index (κ2) is 6.17. The van der Waals surface area contributed by atoms with Gasteiger partial charge in [0, 0.05) is 19.2 Å². The van der Waals surface area contributed by atoms with Crippen molar-refractivity contribution in [2.24, 2.45) is 5.41 Å². The van der Waals surface area contributed by atoms with Gasteiger partial charge in [0.15, 0.2) is 0 Å². The molecule has 0 bridgehead atoms. The predicted octanol–water partition coefficient (Wildman–Crippen LogP) is 2.26. The van der Waals surface area contributed by atoms with E-state index >= 15 is 0 Å². The van der Waals surface area contributed by atoms with Crippen LogP contribution in [0.15, 0.2) is 11.6 Å². The van der Waals surface area contributed by atoms with Crippen LogP contribution in [0.25, 0.3) is 0 Å². The van der Waals surface area contributed by atoms with Crippen molar-refractivity contribution in [1.82, 2.24) is 4.90 Å². The molecule has 0 aromatic carbocycles. The maximum absolute atomic E-state index is 12.2. The zero-order valence-electron chi connectivity index (χ0n) is 13.2. The molecular formula is C15H22N2O4. The Labute approximate surface area is 125 Å². The van der Waals surface area contributed by atoms with E-state index in [0.29, 0.717) is 5.57 Å². The third kappa shape index (κ3) is 3.97. The van der Waals surface area contributed by atoms with Crippen LogP contribution < -0.4 is 0 Å². The molecule has 1 saturated heterocycles. The Morgan fingerprint density at radius 2 is 2.10 bits per heavy atom. The van der Waals surface area contributed by atoms with E-state index in [0.717, 1.165) is 0 Å². The van der Waals surface area contributed by atoms with E-state index < -0.39 is 23.1 Å². The Kier molecular flexibility index (Phi) is 5.00. The average Bonchev–Trinajstić information content (AvgIpc) is 2.67. The second-order valence-corrected chi connectivity index (χ2v) is 6.19. The lowest BCUT2D eigenvalue weighted by molar-refractivity contribution is -0.151. The Morgan fingerprint density at radius 1 is 1.48 bits per heavy atom. The Balaban J connectivity index is 2.98. The van der Waals surface area contributed by atoms with E-state index in [2.05, 4.69) is 0 Å². The van der Waals surface area contributed by atoms with Crippen molar-refractivity contribution in [1.29, 1.82) is 5.26 Å². The Hall–Kier alpha value is -2.03. The second-order valence-electron chi connectivity index (χ2n) is 6.19. The van der Waals surface area contributed by atoms with Crippen molar-refractivity contribution in [2.75, 3.05) is 19.7 Å². The smallest absolute Gasteiger partial charge is 0.410 e. The summed E-state index contributed by atoms with van der Waals surface area (Å²) in [4.78, 5) is 25.7. The van der Waals surface area contributed by atoms with Gasteiger partial charge in [0.1, 0.15) is 11.0 Å². The highest BCUT2D eigenvalue weighted by molar-refractivity contribution is 5.83. The molecule has 1 aliphatic rings. The van der Waals surface area contributed by atoms with Gasteiger partial charge in [0.2, 0.25) is 0 Å². The van der Waals surface area contributed by atoms with Crippen LogP contribution in [0.4, 0.5) is 4.79 Å². The first kappa shape index (κ1) is 17.0. The highest BCUT2D eigenvalue weighted by atomic mass is 16.6. The quantitative estimate of drug-likeness (QED) is 0.576. The Bertz CT molecular complexity index is 499. The Morgan fingerprint density at radius 3 is 2.57 bits per heavy atom. The number of nitrogens with zero attached hydrogens (tertiary/aromatic N) is 2. The molecule has 1 heterocycles. The number of rotatable bonds is 2. The van der Waals surface area contributed by atoms with Crippen molar-refractivity contribution in [3.05, 3.63) is 11.6 Å². The molecule has 1 fully saturated rings. The van der Waals surface area contributed by atoms with E-state index in [9.17, 15) is 9.59 Å². The van der Waals surface area contributed by atoms with Gasteiger partial charge in [0.25, 0.3) is 0 Å². The summed E-state index contributed by atoms with van der Waals surface area (Å²) in [6.07, 6.45) is 0.806. The van der Waals surface area contributed by atoms with Crippen molar-refractivity contribution >= 4 is 12.1 Å². The van der Waals surface area contributed by atoms with Gasteiger partial charge in [-0.05, 0) is 40.2 Å². The van der Waals surface area contributed by atoms with Gasteiger partial charge < -0.3 is 14.4 Å². The number of ether oxygens (including phenoxy) is 2. The maximum Gasteiger partial charge on any atom is 0.410 e. The number of amides is 1. The lowest BCUT2D eigenvalue weighted by Gasteiger charge is -2.25. The van der Waals surface area contributed by atoms with Crippen LogP contribution in [-0.4, -0.2) is 42.3 Å². The summed E-state index contributed by atoms with van der Waals surface area (Å²) in [6.45, 7) is 9.31. The molecular weight excluding hydrogens is 272 g/mol. The minimum absolute atomic E-state index is 0.147. The molecule has 1 aliphatic heterocycles. The van der Waals surface area contributed by atoms with Crippen LogP contribution in [0.1, 0.15) is 34.6 Å². The molecule has 1 amide bonds. The summed E-state index contributed by atoms with van der Waals surface area (Å²) in [7, 11) is 0. The number of hydrogen-bond acceptors (Lipinski definition) is 5. The minimum atomic E-state index is -0.997. The molecule has 0 saturated carbocycles. The van der Waals surface area contributed by atoms with Crippen LogP contribution in [0, 0.1) is 16.7 Å². The van der Waals surface area contributed by atoms with Crippen LogP contribution >= 0.6 is 0 Å². The third-order valence-electron chi connectivity index (χ3n) is 3.19. The molecule has 1 atom stereocenters. The average molecular weight is 294 g/mol. The summed E-state index contributed by atoms with van der Waals surface area (Å²) in [5.74, 6) is -0.433. The highest BCUT2D eigenvalue weighted by Gasteiger charge is 2.48. The lowest BCUT2D eigenvalue weighted by Crippen LogP contribution is -2.39. The summed E-state index contributed by atoms with van der Waals surface area (Å²) in [5, 5.41) is 8.87. The van der Waals surface area contributed by atoms with E-state index in [1.807, 2.05) is 6.07 Å². The molecule has 0 radical (unpaired) electrons. The summed E-state index contributed by atoms with van der Waals surface area (Å²) in [6, 6.07) is 1.92. The zero-order valence-corrected chi connectivity index (χ0v) is 13.2. The van der Waals surface area contributed by atoms with Gasteiger partial charge in [-0.1, -0.05) is 0 Å². The van der Waals surface area contributed by atoms with Gasteiger partial charge in [-0.15, -0.1) is 0 Å². The standard InChI is InChI=1S/C15H22N2O4/c1-6-20-12(18)15(5)10-17(9-11(15)7-8-16)13(19)21-14(2,3)4/h7H,6,9-10H2,1-5H3/b11-7+/t15-/m0/s1. The fourth-order valence-electron chi connectivity index (χ4n) is 2.14. The van der Waals surface area contributed by atoms with E-state index in [1.54, 1.807) is 34.6 Å². The normalized spacial score (nSPS) is 23.8. The number of nitriles is 1. The molecule has 0 N–H and O–H groups in total. The molecule has 6 nitrogen and oxygen atoms in total. The fourth-order valence-corrected chi connectivity index (χ4v) is 2.14. The number of hydrogen-bond donors (Lipinski definition) is 0. The van der Waals surface area contributed by atoms with E-state index in [1.165, 1.54) is 11.0 Å². The number of likely N-dealkylation sites (tertiary alicyclic amines) is 1. The first-order valence-electron chi connectivity index (χ1n) is 6.88. The molecule has 21 heavy (non-hydrogen) atoms. The van der Waals surface area contributed by atoms with E-state index in [-0.39, 0.29) is 19.7 Å². The molecule has 6 heteroatoms. The summed E-state index contributed by atoms with van der Waals surface area (Å²) in [5.41, 5.74) is -1.05. The monoisotopic (exact) mass is 294 g/mol. The van der Waals surface area contributed by atoms with Crippen molar-refractivity contribution in [3.63, 3.8) is 0 Å². The largest absolute Gasteiger partial charge is 0.465 e. The molecule has 0 aromatic heterocycles. The SMILES string of the molecule is CCOC(=O)[C@@]1(C)CN(C(=O)OC(C)(C)C)C/C1=C\C#N. The maximum atomic E-state index is 12.2. The number of carbonyl (C=O) groups is 2. The molecule has 116 valence electrons. The molecule has 0 aromatic rings. The molecule has 0 aliphatic carbocycles. The van der Waals surface area contributed by atoms with Crippen LogP contribution in [0.5, 0.6) is 0 Å². The summed E-state index contributed by atoms with van der Waals surface area (Å²) >= 11 is 0. The number of carbonyl (C=O) groups excluding carboxylic acids is 2. The van der Waals surface area contributed by atoms with Crippen molar-refractivity contribution < 1.29 is 19.1 Å². The minimum Gasteiger partial charge on any atom is -0.465 e. The molecule has 1 rings (SSSR count). The first-order valence-corrected chi connectivity index (χ1v) is 6.88. The first-order chi connectivity index (χ1) is 9.64. The van der Waals surface area contributed by atoms with Crippen LogP contribution in [0.2, 0.25) is 0 Å². The number of esters is 1. The predicted molar refractivity (Wildman–Crippen MR) is 76.2 cm³/mol. The van der Waals surface area contributed by atoms with Crippen LogP contribution in [-0.2, 0) is 14.3 Å². The van der Waals surface area contributed by atoms with Gasteiger partial charge in [-0.25, -0.2) is 4.79 Å². The molecule has 0 spiro atoms. The fraction of sp³-hybridized carbons (Fsp3) is 0.667. The van der Waals surface area contributed by atoms with Crippen molar-refractivity contribution in [2.45, 2.75) is 40.2 Å².